The van der Waals surface area contributed by atoms with Crippen molar-refractivity contribution in [3.05, 3.63) is 65.7 Å². The van der Waals surface area contributed by atoms with Crippen LogP contribution in [0.5, 0.6) is 0 Å². The van der Waals surface area contributed by atoms with E-state index in [1.165, 1.54) is 0 Å². The van der Waals surface area contributed by atoms with E-state index < -0.39 is 0 Å². The molecular weight excluding hydrogens is 328 g/mol. The Morgan fingerprint density at radius 2 is 1.85 bits per heavy atom. The maximum atomic E-state index is 12.8. The van der Waals surface area contributed by atoms with Gasteiger partial charge >= 0.3 is 0 Å². The molecule has 0 saturated carbocycles. The van der Waals surface area contributed by atoms with Gasteiger partial charge in [-0.2, -0.15) is 0 Å². The summed E-state index contributed by atoms with van der Waals surface area (Å²) in [6.07, 6.45) is 3.63. The van der Waals surface area contributed by atoms with Gasteiger partial charge in [0.25, 0.3) is 11.8 Å². The number of benzene rings is 1. The smallest absolute Gasteiger partial charge is 0.292 e. The summed E-state index contributed by atoms with van der Waals surface area (Å²) in [7, 11) is 0. The summed E-state index contributed by atoms with van der Waals surface area (Å²) < 4.78 is 1.64. The van der Waals surface area contributed by atoms with Gasteiger partial charge in [0.05, 0.1) is 5.52 Å². The van der Waals surface area contributed by atoms with Gasteiger partial charge in [-0.25, -0.2) is 4.98 Å². The molecular formula is C20H22N4O2. The number of hydrogen-bond donors (Lipinski definition) is 2. The number of unbranched alkanes of at least 4 members (excludes halogenated alkanes) is 1. The minimum atomic E-state index is -0.354. The Hall–Kier alpha value is -3.15. The van der Waals surface area contributed by atoms with Gasteiger partial charge in [-0.1, -0.05) is 37.6 Å². The number of fused-ring (bicyclic) bond motifs is 1. The SMILES string of the molecule is CCCCNC(=O)c1nc(C(=O)Nc2ccccc2C)n2ccccc12. The molecule has 0 aliphatic carbocycles. The van der Waals surface area contributed by atoms with Crippen LogP contribution in [0.2, 0.25) is 0 Å². The molecule has 0 radical (unpaired) electrons. The van der Waals surface area contributed by atoms with Crippen LogP contribution in [0.3, 0.4) is 0 Å². The number of nitrogens with zero attached hydrogens (tertiary/aromatic N) is 2. The number of para-hydroxylation sites is 1. The zero-order valence-electron chi connectivity index (χ0n) is 15.0. The lowest BCUT2D eigenvalue weighted by Crippen LogP contribution is -2.25. The Bertz CT molecular complexity index is 946. The van der Waals surface area contributed by atoms with E-state index in [-0.39, 0.29) is 23.3 Å². The first-order valence-electron chi connectivity index (χ1n) is 8.74. The Balaban J connectivity index is 1.92. The van der Waals surface area contributed by atoms with Crippen LogP contribution in [-0.2, 0) is 0 Å². The average Bonchev–Trinajstić information content (AvgIpc) is 3.04. The second-order valence-electron chi connectivity index (χ2n) is 6.12. The number of aryl methyl sites for hydroxylation is 1. The fourth-order valence-corrected chi connectivity index (χ4v) is 2.72. The number of pyridine rings is 1. The van der Waals surface area contributed by atoms with Crippen LogP contribution >= 0.6 is 0 Å². The van der Waals surface area contributed by atoms with Crippen molar-refractivity contribution in [3.63, 3.8) is 0 Å². The lowest BCUT2D eigenvalue weighted by molar-refractivity contribution is 0.0950. The lowest BCUT2D eigenvalue weighted by Gasteiger charge is -2.07. The third-order valence-electron chi connectivity index (χ3n) is 4.18. The van der Waals surface area contributed by atoms with Crippen LogP contribution in [-0.4, -0.2) is 27.7 Å². The van der Waals surface area contributed by atoms with Crippen molar-refractivity contribution in [1.82, 2.24) is 14.7 Å². The van der Waals surface area contributed by atoms with Crippen LogP contribution in [0.4, 0.5) is 5.69 Å². The number of aromatic nitrogens is 2. The molecule has 2 aromatic heterocycles. The third kappa shape index (κ3) is 3.59. The van der Waals surface area contributed by atoms with Crippen molar-refractivity contribution < 1.29 is 9.59 Å². The summed E-state index contributed by atoms with van der Waals surface area (Å²) in [4.78, 5) is 29.5. The fraction of sp³-hybridized carbons (Fsp3) is 0.250. The molecule has 2 N–H and O–H groups in total. The quantitative estimate of drug-likeness (QED) is 0.669. The molecule has 0 bridgehead atoms. The summed E-state index contributed by atoms with van der Waals surface area (Å²) >= 11 is 0. The Morgan fingerprint density at radius 1 is 1.08 bits per heavy atom. The number of imidazole rings is 1. The van der Waals surface area contributed by atoms with E-state index in [1.807, 2.05) is 37.3 Å². The Labute approximate surface area is 152 Å². The number of nitrogens with one attached hydrogen (secondary N) is 2. The van der Waals surface area contributed by atoms with Crippen LogP contribution in [0.1, 0.15) is 46.4 Å². The standard InChI is InChI=1S/C20H22N4O2/c1-3-4-12-21-19(25)17-16-11-7-8-13-24(16)18(23-17)20(26)22-15-10-6-5-9-14(15)2/h5-11,13H,3-4,12H2,1-2H3,(H,21,25)(H,22,26). The third-order valence-corrected chi connectivity index (χ3v) is 4.18. The van der Waals surface area contributed by atoms with Gasteiger partial charge in [0.2, 0.25) is 5.82 Å². The first kappa shape index (κ1) is 17.7. The van der Waals surface area contributed by atoms with Crippen molar-refractivity contribution in [2.45, 2.75) is 26.7 Å². The number of rotatable bonds is 6. The normalized spacial score (nSPS) is 10.7. The number of carbonyl (C=O) groups excluding carboxylic acids is 2. The minimum absolute atomic E-state index is 0.185. The summed E-state index contributed by atoms with van der Waals surface area (Å²) in [6.45, 7) is 4.57. The molecule has 0 saturated heterocycles. The number of amides is 2. The van der Waals surface area contributed by atoms with Gasteiger partial charge in [0.15, 0.2) is 5.69 Å². The number of hydrogen-bond acceptors (Lipinski definition) is 3. The van der Waals surface area contributed by atoms with E-state index in [4.69, 9.17) is 0 Å². The van der Waals surface area contributed by atoms with Crippen LogP contribution < -0.4 is 10.6 Å². The molecule has 0 aliphatic rings. The zero-order chi connectivity index (χ0) is 18.5. The molecule has 2 amide bonds. The molecule has 1 aromatic carbocycles. The maximum absolute atomic E-state index is 12.8. The fourth-order valence-electron chi connectivity index (χ4n) is 2.72. The van der Waals surface area contributed by atoms with Crippen molar-refractivity contribution in [1.29, 1.82) is 0 Å². The highest BCUT2D eigenvalue weighted by atomic mass is 16.2. The summed E-state index contributed by atoms with van der Waals surface area (Å²) in [5.74, 6) is -0.435. The molecule has 2 heterocycles. The van der Waals surface area contributed by atoms with Crippen LogP contribution in [0.15, 0.2) is 48.7 Å². The van der Waals surface area contributed by atoms with Gasteiger partial charge in [-0.05, 0) is 37.1 Å². The molecule has 6 nitrogen and oxygen atoms in total. The predicted molar refractivity (Wildman–Crippen MR) is 102 cm³/mol. The molecule has 0 spiro atoms. The van der Waals surface area contributed by atoms with Gasteiger partial charge in [-0.15, -0.1) is 0 Å². The van der Waals surface area contributed by atoms with E-state index in [0.29, 0.717) is 12.1 Å². The molecule has 0 fully saturated rings. The number of carbonyl (C=O) groups is 2. The molecule has 3 aromatic rings. The average molecular weight is 350 g/mol. The van der Waals surface area contributed by atoms with Crippen molar-refractivity contribution in [3.8, 4) is 0 Å². The lowest BCUT2D eigenvalue weighted by atomic mass is 10.2. The molecule has 0 atom stereocenters. The minimum Gasteiger partial charge on any atom is -0.351 e. The highest BCUT2D eigenvalue weighted by Crippen LogP contribution is 2.17. The molecule has 26 heavy (non-hydrogen) atoms. The first-order valence-corrected chi connectivity index (χ1v) is 8.74. The maximum Gasteiger partial charge on any atom is 0.292 e. The van der Waals surface area contributed by atoms with Gasteiger partial charge in [0.1, 0.15) is 0 Å². The van der Waals surface area contributed by atoms with Gasteiger partial charge < -0.3 is 10.6 Å². The van der Waals surface area contributed by atoms with Crippen LogP contribution in [0, 0.1) is 6.92 Å². The Morgan fingerprint density at radius 3 is 2.62 bits per heavy atom. The molecule has 134 valence electrons. The van der Waals surface area contributed by atoms with Gasteiger partial charge in [0, 0.05) is 18.4 Å². The van der Waals surface area contributed by atoms with E-state index in [1.54, 1.807) is 22.7 Å². The van der Waals surface area contributed by atoms with Crippen LogP contribution in [0.25, 0.3) is 5.52 Å². The summed E-state index contributed by atoms with van der Waals surface area (Å²) in [5, 5.41) is 5.73. The van der Waals surface area contributed by atoms with Crippen molar-refractivity contribution in [2.75, 3.05) is 11.9 Å². The van der Waals surface area contributed by atoms with E-state index in [2.05, 4.69) is 22.5 Å². The topological polar surface area (TPSA) is 75.5 Å². The van der Waals surface area contributed by atoms with Gasteiger partial charge in [-0.3, -0.25) is 14.0 Å². The number of anilines is 1. The Kier molecular flexibility index (Phi) is 5.31. The van der Waals surface area contributed by atoms with E-state index in [0.717, 1.165) is 24.1 Å². The predicted octanol–water partition coefficient (Wildman–Crippen LogP) is 3.42. The highest BCUT2D eigenvalue weighted by molar-refractivity contribution is 6.06. The summed E-state index contributed by atoms with van der Waals surface area (Å²) in [5.41, 5.74) is 2.55. The second kappa shape index (κ2) is 7.82. The van der Waals surface area contributed by atoms with Crippen molar-refractivity contribution >= 4 is 23.0 Å². The molecule has 3 rings (SSSR count). The molecule has 0 unspecified atom stereocenters. The largest absolute Gasteiger partial charge is 0.351 e. The highest BCUT2D eigenvalue weighted by Gasteiger charge is 2.21. The first-order chi connectivity index (χ1) is 12.6. The van der Waals surface area contributed by atoms with E-state index in [9.17, 15) is 9.59 Å². The molecule has 6 heteroatoms. The molecule has 0 aliphatic heterocycles. The van der Waals surface area contributed by atoms with Crippen molar-refractivity contribution in [2.24, 2.45) is 0 Å². The monoisotopic (exact) mass is 350 g/mol. The zero-order valence-corrected chi connectivity index (χ0v) is 15.0. The second-order valence-corrected chi connectivity index (χ2v) is 6.12. The van der Waals surface area contributed by atoms with E-state index >= 15 is 0 Å². The summed E-state index contributed by atoms with van der Waals surface area (Å²) in [6, 6.07) is 12.9.